The minimum atomic E-state index is -0.287. The van der Waals surface area contributed by atoms with Crippen molar-refractivity contribution < 1.29 is 9.53 Å². The molecule has 1 saturated heterocycles. The van der Waals surface area contributed by atoms with Gasteiger partial charge in [-0.2, -0.15) is 0 Å². The number of amides is 1. The Labute approximate surface area is 128 Å². The van der Waals surface area contributed by atoms with Crippen molar-refractivity contribution in [3.05, 3.63) is 22.7 Å². The van der Waals surface area contributed by atoms with Crippen LogP contribution in [0, 0.1) is 5.41 Å². The summed E-state index contributed by atoms with van der Waals surface area (Å²) in [5, 5.41) is 6.36. The number of anilines is 1. The van der Waals surface area contributed by atoms with Gasteiger partial charge in [-0.15, -0.1) is 0 Å². The first-order valence-corrected chi connectivity index (χ1v) is 7.76. The number of nitrogens with one attached hydrogen (secondary N) is 2. The highest BCUT2D eigenvalue weighted by Gasteiger charge is 2.37. The van der Waals surface area contributed by atoms with E-state index >= 15 is 0 Å². The van der Waals surface area contributed by atoms with Crippen LogP contribution in [0.3, 0.4) is 0 Å². The lowest BCUT2D eigenvalue weighted by Gasteiger charge is -2.35. The molecule has 5 heteroatoms. The van der Waals surface area contributed by atoms with Crippen LogP contribution in [0.4, 0.5) is 5.69 Å². The smallest absolute Gasteiger partial charge is 0.231 e. The summed E-state index contributed by atoms with van der Waals surface area (Å²) in [7, 11) is 1.62. The second kappa shape index (κ2) is 6.59. The average molecular weight is 341 g/mol. The topological polar surface area (TPSA) is 50.4 Å². The lowest BCUT2D eigenvalue weighted by Crippen LogP contribution is -2.47. The molecule has 1 amide bonds. The van der Waals surface area contributed by atoms with E-state index in [1.165, 1.54) is 0 Å². The highest BCUT2D eigenvalue weighted by Crippen LogP contribution is 2.33. The van der Waals surface area contributed by atoms with E-state index in [1.54, 1.807) is 7.11 Å². The monoisotopic (exact) mass is 340 g/mol. The van der Waals surface area contributed by atoms with Crippen molar-refractivity contribution in [1.82, 2.24) is 5.32 Å². The zero-order valence-electron chi connectivity index (χ0n) is 12.0. The molecule has 0 spiro atoms. The van der Waals surface area contributed by atoms with Crippen LogP contribution in [0.2, 0.25) is 0 Å². The molecule has 1 heterocycles. The van der Waals surface area contributed by atoms with Crippen molar-refractivity contribution in [1.29, 1.82) is 0 Å². The van der Waals surface area contributed by atoms with Gasteiger partial charge in [0.2, 0.25) is 5.91 Å². The lowest BCUT2D eigenvalue weighted by atomic mass is 9.77. The van der Waals surface area contributed by atoms with Crippen molar-refractivity contribution in [3.8, 4) is 5.75 Å². The molecule has 1 aliphatic rings. The van der Waals surface area contributed by atoms with Crippen LogP contribution in [-0.2, 0) is 4.79 Å². The molecular weight excluding hydrogens is 320 g/mol. The van der Waals surface area contributed by atoms with Gasteiger partial charge < -0.3 is 15.4 Å². The number of carbonyl (C=O) groups excluding carboxylic acids is 1. The van der Waals surface area contributed by atoms with Crippen LogP contribution >= 0.6 is 15.9 Å². The zero-order valence-corrected chi connectivity index (χ0v) is 13.5. The summed E-state index contributed by atoms with van der Waals surface area (Å²) >= 11 is 3.44. The van der Waals surface area contributed by atoms with Gasteiger partial charge in [0.15, 0.2) is 0 Å². The molecule has 20 heavy (non-hydrogen) atoms. The van der Waals surface area contributed by atoms with E-state index in [2.05, 4.69) is 33.5 Å². The first-order chi connectivity index (χ1) is 9.61. The molecule has 1 aromatic carbocycles. The summed E-state index contributed by atoms with van der Waals surface area (Å²) in [6.45, 7) is 3.84. The van der Waals surface area contributed by atoms with Crippen molar-refractivity contribution in [2.75, 3.05) is 25.5 Å². The second-order valence-electron chi connectivity index (χ2n) is 5.22. The molecule has 1 fully saturated rings. The molecule has 2 rings (SSSR count). The van der Waals surface area contributed by atoms with Crippen LogP contribution < -0.4 is 15.4 Å². The number of benzene rings is 1. The van der Waals surface area contributed by atoms with E-state index in [1.807, 2.05) is 18.2 Å². The summed E-state index contributed by atoms with van der Waals surface area (Å²) in [6.07, 6.45) is 2.84. The van der Waals surface area contributed by atoms with Crippen molar-refractivity contribution in [2.45, 2.75) is 26.2 Å². The third-order valence-corrected chi connectivity index (χ3v) is 4.66. The van der Waals surface area contributed by atoms with Crippen LogP contribution in [0.5, 0.6) is 5.75 Å². The molecular formula is C15H21BrN2O2. The SMILES string of the molecule is CCC1(C(=O)Nc2ccc(OC)c(Br)c2)CCCNC1. The minimum absolute atomic E-state index is 0.101. The lowest BCUT2D eigenvalue weighted by molar-refractivity contribution is -0.126. The van der Waals surface area contributed by atoms with Crippen LogP contribution in [0.15, 0.2) is 22.7 Å². The Morgan fingerprint density at radius 2 is 2.35 bits per heavy atom. The molecule has 1 aliphatic heterocycles. The number of ether oxygens (including phenoxy) is 1. The first-order valence-electron chi connectivity index (χ1n) is 6.97. The molecule has 4 nitrogen and oxygen atoms in total. The zero-order chi connectivity index (χ0) is 14.6. The fourth-order valence-corrected chi connectivity index (χ4v) is 3.17. The van der Waals surface area contributed by atoms with E-state index in [0.717, 1.165) is 48.3 Å². The third-order valence-electron chi connectivity index (χ3n) is 4.04. The maximum atomic E-state index is 12.6. The number of methoxy groups -OCH3 is 1. The number of carbonyl (C=O) groups is 1. The largest absolute Gasteiger partial charge is 0.496 e. The quantitative estimate of drug-likeness (QED) is 0.884. The summed E-state index contributed by atoms with van der Waals surface area (Å²) < 4.78 is 6.03. The van der Waals surface area contributed by atoms with Gasteiger partial charge in [-0.3, -0.25) is 4.79 Å². The summed E-state index contributed by atoms with van der Waals surface area (Å²) in [5.41, 5.74) is 0.506. The Balaban J connectivity index is 2.12. The number of halogens is 1. The second-order valence-corrected chi connectivity index (χ2v) is 6.07. The Kier molecular flexibility index (Phi) is 5.05. The van der Waals surface area contributed by atoms with Gasteiger partial charge in [-0.1, -0.05) is 6.92 Å². The average Bonchev–Trinajstić information content (AvgIpc) is 2.48. The van der Waals surface area contributed by atoms with Crippen LogP contribution in [-0.4, -0.2) is 26.1 Å². The van der Waals surface area contributed by atoms with E-state index in [9.17, 15) is 4.79 Å². The molecule has 2 N–H and O–H groups in total. The maximum Gasteiger partial charge on any atom is 0.231 e. The molecule has 0 bridgehead atoms. The summed E-state index contributed by atoms with van der Waals surface area (Å²) in [5.74, 6) is 0.858. The van der Waals surface area contributed by atoms with Crippen LogP contribution in [0.25, 0.3) is 0 Å². The molecule has 0 saturated carbocycles. The van der Waals surface area contributed by atoms with Gasteiger partial charge >= 0.3 is 0 Å². The van der Waals surface area contributed by atoms with E-state index in [4.69, 9.17) is 4.74 Å². The number of hydrogen-bond acceptors (Lipinski definition) is 3. The number of piperidine rings is 1. The van der Waals surface area contributed by atoms with Crippen molar-refractivity contribution in [3.63, 3.8) is 0 Å². The molecule has 110 valence electrons. The highest BCUT2D eigenvalue weighted by molar-refractivity contribution is 9.10. The minimum Gasteiger partial charge on any atom is -0.496 e. The molecule has 0 aliphatic carbocycles. The number of hydrogen-bond donors (Lipinski definition) is 2. The van der Waals surface area contributed by atoms with Crippen molar-refractivity contribution >= 4 is 27.5 Å². The van der Waals surface area contributed by atoms with Gasteiger partial charge in [0.05, 0.1) is 17.0 Å². The normalized spacial score (nSPS) is 22.4. The maximum absolute atomic E-state index is 12.6. The fourth-order valence-electron chi connectivity index (χ4n) is 2.63. The van der Waals surface area contributed by atoms with E-state index in [-0.39, 0.29) is 11.3 Å². The standard InChI is InChI=1S/C15H21BrN2O2/c1-3-15(7-4-8-17-10-15)14(19)18-11-5-6-13(20-2)12(16)9-11/h5-6,9,17H,3-4,7-8,10H2,1-2H3,(H,18,19). The fraction of sp³-hybridized carbons (Fsp3) is 0.533. The van der Waals surface area contributed by atoms with Gasteiger partial charge in [-0.05, 0) is 59.9 Å². The van der Waals surface area contributed by atoms with Gasteiger partial charge in [0.1, 0.15) is 5.75 Å². The molecule has 1 aromatic rings. The van der Waals surface area contributed by atoms with Gasteiger partial charge in [0.25, 0.3) is 0 Å². The van der Waals surface area contributed by atoms with Crippen molar-refractivity contribution in [2.24, 2.45) is 5.41 Å². The third kappa shape index (κ3) is 3.15. The molecule has 1 atom stereocenters. The van der Waals surface area contributed by atoms with Gasteiger partial charge in [0, 0.05) is 12.2 Å². The first kappa shape index (κ1) is 15.3. The predicted molar refractivity (Wildman–Crippen MR) is 84.2 cm³/mol. The predicted octanol–water partition coefficient (Wildman–Crippen LogP) is 3.18. The van der Waals surface area contributed by atoms with Crippen LogP contribution in [0.1, 0.15) is 26.2 Å². The van der Waals surface area contributed by atoms with Gasteiger partial charge in [-0.25, -0.2) is 0 Å². The highest BCUT2D eigenvalue weighted by atomic mass is 79.9. The Morgan fingerprint density at radius 3 is 2.90 bits per heavy atom. The Morgan fingerprint density at radius 1 is 1.55 bits per heavy atom. The molecule has 1 unspecified atom stereocenters. The van der Waals surface area contributed by atoms with E-state index < -0.39 is 0 Å². The molecule has 0 radical (unpaired) electrons. The van der Waals surface area contributed by atoms with E-state index in [0.29, 0.717) is 0 Å². The summed E-state index contributed by atoms with van der Waals surface area (Å²) in [6, 6.07) is 5.58. The Hall–Kier alpha value is -1.07. The Bertz CT molecular complexity index is 485. The number of rotatable bonds is 4. The summed E-state index contributed by atoms with van der Waals surface area (Å²) in [4.78, 5) is 12.6. The molecule has 0 aromatic heterocycles.